The van der Waals surface area contributed by atoms with Gasteiger partial charge in [0, 0.05) is 28.7 Å². The standard InChI is InChI=1S/C27H39N3O4S3/c1-6-7-8-10-16-11-9-12-19(31)20(16)22-28-17(13-35-22)23-30(5)18(14-36-23)21(32)26(2,3)24-29-27(4,15-37-24)25(33)34/h9,11-12,17-18,21,23,31-32H,6-8,10,13-15H2,1-5H3,(H,33,34)/t17-,18-,21-,23-,27+/m1/s1. The number of phenols is 1. The minimum Gasteiger partial charge on any atom is -0.507 e. The number of aliphatic imine (C=N–C) groups is 2. The van der Waals surface area contributed by atoms with Crippen molar-refractivity contribution < 1.29 is 20.1 Å². The van der Waals surface area contributed by atoms with Gasteiger partial charge in [-0.1, -0.05) is 45.7 Å². The summed E-state index contributed by atoms with van der Waals surface area (Å²) in [5.74, 6) is 1.36. The Labute approximate surface area is 233 Å². The lowest BCUT2D eigenvalue weighted by molar-refractivity contribution is -0.141. The number of aliphatic carboxylic acids is 1. The van der Waals surface area contributed by atoms with Crippen molar-refractivity contribution in [2.45, 2.75) is 82.5 Å². The van der Waals surface area contributed by atoms with E-state index in [0.29, 0.717) is 16.5 Å². The zero-order valence-electron chi connectivity index (χ0n) is 22.3. The molecule has 1 saturated heterocycles. The number of unbranched alkanes of at least 4 members (excludes halogenated alkanes) is 2. The van der Waals surface area contributed by atoms with Crippen molar-refractivity contribution in [1.29, 1.82) is 0 Å². The largest absolute Gasteiger partial charge is 0.507 e. The molecule has 0 saturated carbocycles. The fraction of sp³-hybridized carbons (Fsp3) is 0.667. The second-order valence-corrected chi connectivity index (χ2v) is 14.1. The van der Waals surface area contributed by atoms with Gasteiger partial charge in [-0.15, -0.1) is 35.3 Å². The highest BCUT2D eigenvalue weighted by molar-refractivity contribution is 8.15. The molecule has 3 heterocycles. The number of phenolic OH excluding ortho intramolecular Hbond substituents is 1. The first-order chi connectivity index (χ1) is 17.5. The highest BCUT2D eigenvalue weighted by atomic mass is 32.2. The van der Waals surface area contributed by atoms with Gasteiger partial charge in [0.1, 0.15) is 10.8 Å². The molecule has 3 aliphatic rings. The molecule has 5 atom stereocenters. The maximum absolute atomic E-state index is 11.7. The van der Waals surface area contributed by atoms with Crippen LogP contribution in [0.15, 0.2) is 28.2 Å². The first-order valence-corrected chi connectivity index (χ1v) is 16.0. The van der Waals surface area contributed by atoms with Gasteiger partial charge in [-0.3, -0.25) is 14.9 Å². The molecular formula is C27H39N3O4S3. The molecule has 37 heavy (non-hydrogen) atoms. The van der Waals surface area contributed by atoms with Crippen molar-refractivity contribution in [3.63, 3.8) is 0 Å². The van der Waals surface area contributed by atoms with E-state index in [2.05, 4.69) is 22.9 Å². The van der Waals surface area contributed by atoms with E-state index in [1.807, 2.05) is 38.7 Å². The van der Waals surface area contributed by atoms with Crippen LogP contribution in [-0.2, 0) is 11.2 Å². The maximum atomic E-state index is 11.7. The van der Waals surface area contributed by atoms with Crippen molar-refractivity contribution >= 4 is 51.3 Å². The molecule has 1 fully saturated rings. The van der Waals surface area contributed by atoms with Crippen molar-refractivity contribution in [2.24, 2.45) is 15.4 Å². The van der Waals surface area contributed by atoms with Crippen LogP contribution in [0, 0.1) is 5.41 Å². The summed E-state index contributed by atoms with van der Waals surface area (Å²) >= 11 is 4.96. The molecule has 1 aromatic rings. The molecule has 3 aliphatic heterocycles. The Kier molecular flexibility index (Phi) is 8.95. The quantitative estimate of drug-likeness (QED) is 0.350. The van der Waals surface area contributed by atoms with Gasteiger partial charge in [0.05, 0.1) is 28.1 Å². The van der Waals surface area contributed by atoms with Crippen molar-refractivity contribution in [2.75, 3.05) is 24.3 Å². The van der Waals surface area contributed by atoms with Crippen molar-refractivity contribution in [3.8, 4) is 5.75 Å². The molecule has 0 aliphatic carbocycles. The molecule has 3 N–H and O–H groups in total. The van der Waals surface area contributed by atoms with Gasteiger partial charge < -0.3 is 15.3 Å². The average molecular weight is 566 g/mol. The summed E-state index contributed by atoms with van der Waals surface area (Å²) in [4.78, 5) is 23.5. The van der Waals surface area contributed by atoms with Gasteiger partial charge >= 0.3 is 5.97 Å². The summed E-state index contributed by atoms with van der Waals surface area (Å²) < 4.78 is 0. The Balaban J connectivity index is 1.48. The zero-order valence-corrected chi connectivity index (χ0v) is 24.8. The molecule has 0 spiro atoms. The van der Waals surface area contributed by atoms with Gasteiger partial charge in [0.15, 0.2) is 5.54 Å². The molecule has 0 amide bonds. The summed E-state index contributed by atoms with van der Waals surface area (Å²) in [6, 6.07) is 5.73. The minimum atomic E-state index is -1.14. The van der Waals surface area contributed by atoms with Crippen LogP contribution in [0.2, 0.25) is 0 Å². The van der Waals surface area contributed by atoms with Crippen molar-refractivity contribution in [3.05, 3.63) is 29.3 Å². The number of rotatable bonds is 10. The lowest BCUT2D eigenvalue weighted by Crippen LogP contribution is -2.51. The summed E-state index contributed by atoms with van der Waals surface area (Å²) in [7, 11) is 2.05. The van der Waals surface area contributed by atoms with Crippen LogP contribution in [-0.4, -0.2) is 89.7 Å². The molecule has 204 valence electrons. The van der Waals surface area contributed by atoms with Gasteiger partial charge in [-0.2, -0.15) is 0 Å². The summed E-state index contributed by atoms with van der Waals surface area (Å²) in [6.07, 6.45) is 3.66. The third-order valence-electron chi connectivity index (χ3n) is 7.71. The van der Waals surface area contributed by atoms with E-state index in [9.17, 15) is 20.1 Å². The number of aryl methyl sites for hydroxylation is 1. The van der Waals surface area contributed by atoms with E-state index in [1.54, 1.807) is 24.8 Å². The number of carboxylic acid groups (broad SMARTS) is 1. The molecule has 0 aromatic heterocycles. The number of carboxylic acids is 1. The van der Waals surface area contributed by atoms with Crippen LogP contribution >= 0.6 is 35.3 Å². The second-order valence-electron chi connectivity index (χ2n) is 11.0. The second kappa shape index (κ2) is 11.5. The number of nitrogens with zero attached hydrogens (tertiary/aromatic N) is 3. The highest BCUT2D eigenvalue weighted by Gasteiger charge is 2.50. The smallest absolute Gasteiger partial charge is 0.332 e. The Hall–Kier alpha value is -1.20. The number of hydrogen-bond acceptors (Lipinski definition) is 9. The lowest BCUT2D eigenvalue weighted by atomic mass is 9.83. The first-order valence-electron chi connectivity index (χ1n) is 13.0. The fourth-order valence-corrected chi connectivity index (χ4v) is 9.39. The lowest BCUT2D eigenvalue weighted by Gasteiger charge is -2.38. The van der Waals surface area contributed by atoms with Gasteiger partial charge in [0.25, 0.3) is 0 Å². The van der Waals surface area contributed by atoms with Gasteiger partial charge in [-0.05, 0) is 38.4 Å². The summed E-state index contributed by atoms with van der Waals surface area (Å²) in [6.45, 7) is 7.75. The normalized spacial score (nSPS) is 29.4. The third kappa shape index (κ3) is 5.73. The number of carbonyl (C=O) groups is 1. The number of aromatic hydroxyl groups is 1. The van der Waals surface area contributed by atoms with Crippen LogP contribution in [0.25, 0.3) is 0 Å². The van der Waals surface area contributed by atoms with Gasteiger partial charge in [0.2, 0.25) is 0 Å². The SMILES string of the molecule is CCCCCc1cccc(O)c1C1=N[C@@H]([C@H]2SC[C@H]([C@@H](O)C(C)(C)C3=N[C@](C)(C(=O)O)CS3)N2C)CS1. The van der Waals surface area contributed by atoms with E-state index in [-0.39, 0.29) is 17.5 Å². The minimum absolute atomic E-state index is 0.0620. The van der Waals surface area contributed by atoms with E-state index in [0.717, 1.165) is 46.9 Å². The van der Waals surface area contributed by atoms with E-state index in [4.69, 9.17) is 4.99 Å². The van der Waals surface area contributed by atoms with E-state index < -0.39 is 23.0 Å². The summed E-state index contributed by atoms with van der Waals surface area (Å²) in [5.41, 5.74) is 0.243. The van der Waals surface area contributed by atoms with Crippen LogP contribution in [0.4, 0.5) is 0 Å². The molecule has 0 unspecified atom stereocenters. The average Bonchev–Trinajstić information content (AvgIpc) is 3.58. The molecule has 4 rings (SSSR count). The Morgan fingerprint density at radius 3 is 2.70 bits per heavy atom. The topological polar surface area (TPSA) is 106 Å². The van der Waals surface area contributed by atoms with E-state index >= 15 is 0 Å². The molecule has 10 heteroatoms. The fourth-order valence-electron chi connectivity index (χ4n) is 5.14. The number of likely N-dealkylation sites (N-methyl/N-ethyl adjacent to an activating group) is 1. The predicted octanol–water partition coefficient (Wildman–Crippen LogP) is 4.74. The Morgan fingerprint density at radius 1 is 1.27 bits per heavy atom. The number of hydrogen-bond donors (Lipinski definition) is 3. The predicted molar refractivity (Wildman–Crippen MR) is 158 cm³/mol. The van der Waals surface area contributed by atoms with Crippen LogP contribution in [0.3, 0.4) is 0 Å². The number of thioether (sulfide) groups is 3. The third-order valence-corrected chi connectivity index (χ3v) is 11.9. The molecule has 0 bridgehead atoms. The number of benzene rings is 1. The first kappa shape index (κ1) is 28.8. The van der Waals surface area contributed by atoms with Crippen LogP contribution < -0.4 is 0 Å². The molecule has 7 nitrogen and oxygen atoms in total. The highest BCUT2D eigenvalue weighted by Crippen LogP contribution is 2.44. The Morgan fingerprint density at radius 2 is 2.03 bits per heavy atom. The van der Waals surface area contributed by atoms with Crippen LogP contribution in [0.1, 0.15) is 58.1 Å². The monoisotopic (exact) mass is 565 g/mol. The molecule has 0 radical (unpaired) electrons. The van der Waals surface area contributed by atoms with Crippen molar-refractivity contribution in [1.82, 2.24) is 4.90 Å². The summed E-state index contributed by atoms with van der Waals surface area (Å²) in [5, 5.41) is 33.5. The van der Waals surface area contributed by atoms with E-state index in [1.165, 1.54) is 18.2 Å². The Bertz CT molecular complexity index is 1080. The zero-order chi connectivity index (χ0) is 27.0. The molecular weight excluding hydrogens is 527 g/mol. The number of aliphatic hydroxyl groups is 1. The van der Waals surface area contributed by atoms with Crippen LogP contribution in [0.5, 0.6) is 5.75 Å². The van der Waals surface area contributed by atoms with Gasteiger partial charge in [-0.25, -0.2) is 4.79 Å². The maximum Gasteiger partial charge on any atom is 0.332 e. The number of aliphatic hydroxyl groups excluding tert-OH is 1. The molecule has 1 aromatic carbocycles.